The van der Waals surface area contributed by atoms with Crippen LogP contribution < -0.4 is 10.6 Å². The van der Waals surface area contributed by atoms with E-state index in [4.69, 9.17) is 23.2 Å². The van der Waals surface area contributed by atoms with Crippen molar-refractivity contribution in [1.29, 1.82) is 0 Å². The zero-order valence-electron chi connectivity index (χ0n) is 14.4. The Morgan fingerprint density at radius 3 is 2.23 bits per heavy atom. The molecule has 0 spiro atoms. The molecule has 0 bridgehead atoms. The van der Waals surface area contributed by atoms with Crippen LogP contribution in [0.1, 0.15) is 19.4 Å². The van der Waals surface area contributed by atoms with E-state index in [1.807, 2.05) is 0 Å². The number of carbonyl (C=O) groups excluding carboxylic acids is 2. The Labute approximate surface area is 161 Å². The standard InChI is InChI=1S/C19H19Cl2FN2O2/c1-19(2,18(26)24-16-13(20)7-5-8-14(16)21)17(25)23-11-10-12-6-3-4-9-15(12)22/h3-9H,10-11H2,1-2H3,(H,23,25)(H,24,26). The van der Waals surface area contributed by atoms with E-state index in [0.717, 1.165) is 0 Å². The fraction of sp³-hybridized carbons (Fsp3) is 0.263. The maximum Gasteiger partial charge on any atom is 0.239 e. The molecule has 0 aliphatic rings. The minimum atomic E-state index is -1.36. The first-order valence-corrected chi connectivity index (χ1v) is 8.76. The van der Waals surface area contributed by atoms with E-state index in [1.54, 1.807) is 36.4 Å². The monoisotopic (exact) mass is 396 g/mol. The fourth-order valence-electron chi connectivity index (χ4n) is 2.22. The van der Waals surface area contributed by atoms with E-state index < -0.39 is 17.2 Å². The second kappa shape index (κ2) is 8.52. The molecule has 7 heteroatoms. The molecule has 0 aliphatic heterocycles. The molecule has 0 aromatic heterocycles. The maximum absolute atomic E-state index is 13.6. The molecular weight excluding hydrogens is 378 g/mol. The topological polar surface area (TPSA) is 58.2 Å². The molecule has 0 saturated heterocycles. The smallest absolute Gasteiger partial charge is 0.239 e. The zero-order chi connectivity index (χ0) is 19.3. The molecule has 4 nitrogen and oxygen atoms in total. The van der Waals surface area contributed by atoms with Crippen LogP contribution >= 0.6 is 23.2 Å². The molecule has 2 amide bonds. The van der Waals surface area contributed by atoms with Gasteiger partial charge in [-0.25, -0.2) is 4.39 Å². The number of anilines is 1. The molecule has 0 fully saturated rings. The van der Waals surface area contributed by atoms with E-state index >= 15 is 0 Å². The molecule has 0 aliphatic carbocycles. The summed E-state index contributed by atoms with van der Waals surface area (Å²) in [4.78, 5) is 24.9. The summed E-state index contributed by atoms with van der Waals surface area (Å²) in [5.41, 5.74) is -0.608. The third-order valence-corrected chi connectivity index (χ3v) is 4.60. The summed E-state index contributed by atoms with van der Waals surface area (Å²) in [6.07, 6.45) is 0.326. The number of hydrogen-bond acceptors (Lipinski definition) is 2. The van der Waals surface area contributed by atoms with Gasteiger partial charge in [0.2, 0.25) is 11.8 Å². The predicted molar refractivity (Wildman–Crippen MR) is 102 cm³/mol. The highest BCUT2D eigenvalue weighted by molar-refractivity contribution is 6.40. The molecule has 0 atom stereocenters. The van der Waals surface area contributed by atoms with Crippen LogP contribution in [0.4, 0.5) is 10.1 Å². The number of hydrogen-bond donors (Lipinski definition) is 2. The summed E-state index contributed by atoms with van der Waals surface area (Å²) < 4.78 is 13.6. The number of rotatable bonds is 6. The number of amides is 2. The van der Waals surface area contributed by atoms with Gasteiger partial charge in [-0.2, -0.15) is 0 Å². The third kappa shape index (κ3) is 4.74. The first-order valence-electron chi connectivity index (χ1n) is 8.00. The van der Waals surface area contributed by atoms with Crippen molar-refractivity contribution in [3.63, 3.8) is 0 Å². The summed E-state index contributed by atoms with van der Waals surface area (Å²) >= 11 is 12.1. The number of para-hydroxylation sites is 1. The highest BCUT2D eigenvalue weighted by atomic mass is 35.5. The van der Waals surface area contributed by atoms with Crippen molar-refractivity contribution in [3.05, 3.63) is 63.9 Å². The maximum atomic E-state index is 13.6. The van der Waals surface area contributed by atoms with Gasteiger partial charge in [0.25, 0.3) is 0 Å². The van der Waals surface area contributed by atoms with Crippen molar-refractivity contribution in [2.24, 2.45) is 5.41 Å². The Hall–Kier alpha value is -2.11. The lowest BCUT2D eigenvalue weighted by molar-refractivity contribution is -0.138. The van der Waals surface area contributed by atoms with Crippen molar-refractivity contribution < 1.29 is 14.0 Å². The third-order valence-electron chi connectivity index (χ3n) is 3.97. The Balaban J connectivity index is 1.98. The van der Waals surface area contributed by atoms with Gasteiger partial charge in [0.15, 0.2) is 0 Å². The van der Waals surface area contributed by atoms with E-state index in [1.165, 1.54) is 19.9 Å². The fourth-order valence-corrected chi connectivity index (χ4v) is 2.71. The van der Waals surface area contributed by atoms with Crippen molar-refractivity contribution in [2.75, 3.05) is 11.9 Å². The van der Waals surface area contributed by atoms with E-state index in [2.05, 4.69) is 10.6 Å². The minimum absolute atomic E-state index is 0.212. The summed E-state index contributed by atoms with van der Waals surface area (Å²) in [5.74, 6) is -1.35. The highest BCUT2D eigenvalue weighted by Crippen LogP contribution is 2.31. The second-order valence-corrected chi connectivity index (χ2v) is 7.09. The van der Waals surface area contributed by atoms with Crippen LogP contribution in [0.5, 0.6) is 0 Å². The summed E-state index contributed by atoms with van der Waals surface area (Å²) in [7, 11) is 0. The SMILES string of the molecule is CC(C)(C(=O)NCCc1ccccc1F)C(=O)Nc1c(Cl)cccc1Cl. The molecule has 26 heavy (non-hydrogen) atoms. The molecule has 0 saturated carbocycles. The second-order valence-electron chi connectivity index (χ2n) is 6.27. The van der Waals surface area contributed by atoms with Gasteiger partial charge in [0.1, 0.15) is 11.2 Å². The van der Waals surface area contributed by atoms with Gasteiger partial charge in [0.05, 0.1) is 15.7 Å². The molecule has 2 aromatic carbocycles. The van der Waals surface area contributed by atoms with Gasteiger partial charge >= 0.3 is 0 Å². The van der Waals surface area contributed by atoms with Crippen LogP contribution in [0, 0.1) is 11.2 Å². The van der Waals surface area contributed by atoms with Crippen LogP contribution in [-0.2, 0) is 16.0 Å². The van der Waals surface area contributed by atoms with Crippen LogP contribution in [0.25, 0.3) is 0 Å². The lowest BCUT2D eigenvalue weighted by Crippen LogP contribution is -2.45. The van der Waals surface area contributed by atoms with E-state index in [-0.39, 0.29) is 28.1 Å². The zero-order valence-corrected chi connectivity index (χ0v) is 15.9. The molecule has 0 heterocycles. The summed E-state index contributed by atoms with van der Waals surface area (Å²) in [5, 5.41) is 5.81. The quantitative estimate of drug-likeness (QED) is 0.708. The number of carbonyl (C=O) groups is 2. The van der Waals surface area contributed by atoms with Crippen LogP contribution in [0.15, 0.2) is 42.5 Å². The van der Waals surface area contributed by atoms with Crippen molar-refractivity contribution >= 4 is 40.7 Å². The number of nitrogens with one attached hydrogen (secondary N) is 2. The Morgan fingerprint density at radius 2 is 1.62 bits per heavy atom. The van der Waals surface area contributed by atoms with Gasteiger partial charge in [-0.15, -0.1) is 0 Å². The average molecular weight is 397 g/mol. The molecular formula is C19H19Cl2FN2O2. The Kier molecular flexibility index (Phi) is 6.62. The molecule has 2 rings (SSSR count). The van der Waals surface area contributed by atoms with Gasteiger partial charge in [0, 0.05) is 6.54 Å². The summed E-state index contributed by atoms with van der Waals surface area (Å²) in [6, 6.07) is 11.2. The molecule has 138 valence electrons. The minimum Gasteiger partial charge on any atom is -0.355 e. The van der Waals surface area contributed by atoms with Gasteiger partial charge in [-0.1, -0.05) is 47.5 Å². The van der Waals surface area contributed by atoms with Crippen LogP contribution in [0.3, 0.4) is 0 Å². The largest absolute Gasteiger partial charge is 0.355 e. The summed E-state index contributed by atoms with van der Waals surface area (Å²) in [6.45, 7) is 3.19. The molecule has 2 aromatic rings. The van der Waals surface area contributed by atoms with E-state index in [0.29, 0.717) is 12.0 Å². The van der Waals surface area contributed by atoms with Crippen LogP contribution in [-0.4, -0.2) is 18.4 Å². The van der Waals surface area contributed by atoms with Gasteiger partial charge in [-0.3, -0.25) is 9.59 Å². The molecule has 0 unspecified atom stereocenters. The predicted octanol–water partition coefficient (Wildman–Crippen LogP) is 4.46. The van der Waals surface area contributed by atoms with Crippen molar-refractivity contribution in [1.82, 2.24) is 5.32 Å². The number of benzene rings is 2. The lowest BCUT2D eigenvalue weighted by atomic mass is 9.90. The van der Waals surface area contributed by atoms with Gasteiger partial charge in [-0.05, 0) is 44.0 Å². The first kappa shape index (κ1) is 20.2. The van der Waals surface area contributed by atoms with Crippen LogP contribution in [0.2, 0.25) is 10.0 Å². The lowest BCUT2D eigenvalue weighted by Gasteiger charge is -2.23. The van der Waals surface area contributed by atoms with Gasteiger partial charge < -0.3 is 10.6 Å². The first-order chi connectivity index (χ1) is 12.2. The van der Waals surface area contributed by atoms with E-state index in [9.17, 15) is 14.0 Å². The Bertz CT molecular complexity index is 805. The number of halogens is 3. The molecule has 2 N–H and O–H groups in total. The normalized spacial score (nSPS) is 11.1. The molecule has 0 radical (unpaired) electrons. The van der Waals surface area contributed by atoms with Crippen molar-refractivity contribution in [3.8, 4) is 0 Å². The van der Waals surface area contributed by atoms with Crippen molar-refractivity contribution in [2.45, 2.75) is 20.3 Å². The average Bonchev–Trinajstić information content (AvgIpc) is 2.59. The Morgan fingerprint density at radius 1 is 1.00 bits per heavy atom. The highest BCUT2D eigenvalue weighted by Gasteiger charge is 2.36.